The highest BCUT2D eigenvalue weighted by atomic mass is 16.5. The van der Waals surface area contributed by atoms with Gasteiger partial charge >= 0.3 is 0 Å². The van der Waals surface area contributed by atoms with Crippen LogP contribution in [0.3, 0.4) is 0 Å². The Kier molecular flexibility index (Phi) is 8.04. The summed E-state index contributed by atoms with van der Waals surface area (Å²) in [5, 5.41) is 0. The lowest BCUT2D eigenvalue weighted by atomic mass is 10.3. The molecule has 0 radical (unpaired) electrons. The second kappa shape index (κ2) is 9.66. The van der Waals surface area contributed by atoms with Gasteiger partial charge in [-0.1, -0.05) is 0 Å². The summed E-state index contributed by atoms with van der Waals surface area (Å²) in [5.74, 6) is 0.443. The van der Waals surface area contributed by atoms with Crippen molar-refractivity contribution in [2.75, 3.05) is 45.3 Å². The van der Waals surface area contributed by atoms with Crippen molar-refractivity contribution < 1.29 is 9.47 Å². The minimum atomic E-state index is 0.443. The molecule has 0 spiro atoms. The fourth-order valence-electron chi connectivity index (χ4n) is 1.62. The number of rotatable bonds is 10. The van der Waals surface area contributed by atoms with Gasteiger partial charge in [-0.25, -0.2) is 4.98 Å². The van der Waals surface area contributed by atoms with Crippen molar-refractivity contribution in [2.24, 2.45) is 0 Å². The van der Waals surface area contributed by atoms with E-state index in [0.717, 1.165) is 38.5 Å². The molecule has 0 aliphatic carbocycles. The molecule has 0 unspecified atom stereocenters. The minimum Gasteiger partial charge on any atom is -0.382 e. The van der Waals surface area contributed by atoms with Gasteiger partial charge < -0.3 is 15.2 Å². The van der Waals surface area contributed by atoms with Gasteiger partial charge in [0.1, 0.15) is 5.82 Å². The van der Waals surface area contributed by atoms with Crippen molar-refractivity contribution in [2.45, 2.75) is 20.4 Å². The van der Waals surface area contributed by atoms with Crippen LogP contribution in [0, 0.1) is 0 Å². The molecular weight excluding hydrogens is 244 g/mol. The summed E-state index contributed by atoms with van der Waals surface area (Å²) in [6.45, 7) is 9.33. The predicted molar refractivity (Wildman–Crippen MR) is 74.7 cm³/mol. The molecule has 0 amide bonds. The van der Waals surface area contributed by atoms with Crippen LogP contribution >= 0.6 is 0 Å². The van der Waals surface area contributed by atoms with Crippen molar-refractivity contribution >= 4 is 5.82 Å². The maximum Gasteiger partial charge on any atom is 0.141 e. The number of hydrogen-bond acceptors (Lipinski definition) is 6. The summed E-state index contributed by atoms with van der Waals surface area (Å²) in [7, 11) is 0. The summed E-state index contributed by atoms with van der Waals surface area (Å²) in [6.07, 6.45) is 3.29. The Labute approximate surface area is 114 Å². The van der Waals surface area contributed by atoms with Gasteiger partial charge in [0.05, 0.1) is 31.3 Å². The van der Waals surface area contributed by atoms with E-state index in [9.17, 15) is 0 Å². The van der Waals surface area contributed by atoms with E-state index >= 15 is 0 Å². The molecule has 0 atom stereocenters. The van der Waals surface area contributed by atoms with Crippen molar-refractivity contribution in [1.82, 2.24) is 14.9 Å². The fourth-order valence-corrected chi connectivity index (χ4v) is 1.62. The summed E-state index contributed by atoms with van der Waals surface area (Å²) in [6, 6.07) is 0. The van der Waals surface area contributed by atoms with Crippen LogP contribution in [0.4, 0.5) is 5.82 Å². The van der Waals surface area contributed by atoms with Crippen LogP contribution in [0.2, 0.25) is 0 Å². The molecule has 1 aromatic heterocycles. The molecule has 0 aliphatic heterocycles. The molecule has 0 saturated heterocycles. The highest BCUT2D eigenvalue weighted by Crippen LogP contribution is 2.02. The molecule has 1 aromatic rings. The summed E-state index contributed by atoms with van der Waals surface area (Å²) >= 11 is 0. The molecule has 1 heterocycles. The van der Waals surface area contributed by atoms with Gasteiger partial charge in [0, 0.05) is 32.8 Å². The van der Waals surface area contributed by atoms with E-state index in [1.54, 1.807) is 12.4 Å². The average molecular weight is 268 g/mol. The fraction of sp³-hybridized carbons (Fsp3) is 0.692. The van der Waals surface area contributed by atoms with Crippen LogP contribution < -0.4 is 5.73 Å². The topological polar surface area (TPSA) is 73.5 Å². The van der Waals surface area contributed by atoms with Gasteiger partial charge in [-0.2, -0.15) is 0 Å². The molecule has 0 saturated carbocycles. The third-order valence-corrected chi connectivity index (χ3v) is 2.62. The van der Waals surface area contributed by atoms with Crippen molar-refractivity contribution in [3.05, 3.63) is 18.1 Å². The van der Waals surface area contributed by atoms with Crippen LogP contribution in [0.15, 0.2) is 12.4 Å². The molecule has 6 heteroatoms. The number of aromatic nitrogens is 2. The molecule has 0 fully saturated rings. The first-order valence-corrected chi connectivity index (χ1v) is 6.70. The minimum absolute atomic E-state index is 0.443. The van der Waals surface area contributed by atoms with E-state index < -0.39 is 0 Å². The number of anilines is 1. The Hall–Kier alpha value is -1.24. The van der Waals surface area contributed by atoms with Crippen LogP contribution in [0.25, 0.3) is 0 Å². The molecule has 19 heavy (non-hydrogen) atoms. The average Bonchev–Trinajstić information content (AvgIpc) is 2.41. The first kappa shape index (κ1) is 15.8. The molecule has 6 nitrogen and oxygen atoms in total. The third-order valence-electron chi connectivity index (χ3n) is 2.62. The predicted octanol–water partition coefficient (Wildman–Crippen LogP) is 0.934. The number of ether oxygens (including phenoxy) is 2. The lowest BCUT2D eigenvalue weighted by molar-refractivity contribution is 0.0792. The lowest BCUT2D eigenvalue weighted by Crippen LogP contribution is -2.31. The van der Waals surface area contributed by atoms with E-state index in [1.165, 1.54) is 0 Å². The largest absolute Gasteiger partial charge is 0.382 e. The SMILES string of the molecule is CCOCCN(CCOCC)Cc1cnc(N)cn1. The summed E-state index contributed by atoms with van der Waals surface area (Å²) < 4.78 is 10.8. The van der Waals surface area contributed by atoms with E-state index in [-0.39, 0.29) is 0 Å². The maximum atomic E-state index is 5.53. The highest BCUT2D eigenvalue weighted by molar-refractivity contribution is 5.22. The van der Waals surface area contributed by atoms with E-state index in [4.69, 9.17) is 15.2 Å². The van der Waals surface area contributed by atoms with Crippen LogP contribution in [-0.4, -0.2) is 54.4 Å². The number of nitrogens with two attached hydrogens (primary N) is 1. The smallest absolute Gasteiger partial charge is 0.141 e. The second-order valence-electron chi connectivity index (χ2n) is 4.10. The normalized spacial score (nSPS) is 11.1. The van der Waals surface area contributed by atoms with Crippen LogP contribution in [0.1, 0.15) is 19.5 Å². The first-order chi connectivity index (χ1) is 9.26. The Balaban J connectivity index is 2.44. The van der Waals surface area contributed by atoms with Gasteiger partial charge in [-0.3, -0.25) is 9.88 Å². The Morgan fingerprint density at radius 3 is 2.16 bits per heavy atom. The molecule has 108 valence electrons. The standard InChI is InChI=1S/C13H24N4O2/c1-3-18-7-5-17(6-8-19-4-2)11-12-9-16-13(14)10-15-12/h9-10H,3-8,11H2,1-2H3,(H2,14,16). The number of nitrogens with zero attached hydrogens (tertiary/aromatic N) is 3. The zero-order valence-electron chi connectivity index (χ0n) is 11.8. The van der Waals surface area contributed by atoms with Gasteiger partial charge in [0.25, 0.3) is 0 Å². The second-order valence-corrected chi connectivity index (χ2v) is 4.10. The number of hydrogen-bond donors (Lipinski definition) is 1. The molecular formula is C13H24N4O2. The third kappa shape index (κ3) is 7.05. The lowest BCUT2D eigenvalue weighted by Gasteiger charge is -2.21. The highest BCUT2D eigenvalue weighted by Gasteiger charge is 2.07. The Bertz CT molecular complexity index is 322. The van der Waals surface area contributed by atoms with E-state index in [2.05, 4.69) is 14.9 Å². The van der Waals surface area contributed by atoms with E-state index in [1.807, 2.05) is 13.8 Å². The van der Waals surface area contributed by atoms with Gasteiger partial charge in [-0.15, -0.1) is 0 Å². The van der Waals surface area contributed by atoms with Crippen molar-refractivity contribution in [1.29, 1.82) is 0 Å². The molecule has 0 aliphatic rings. The van der Waals surface area contributed by atoms with Gasteiger partial charge in [0.2, 0.25) is 0 Å². The molecule has 0 aromatic carbocycles. The molecule has 1 rings (SSSR count). The van der Waals surface area contributed by atoms with E-state index in [0.29, 0.717) is 19.0 Å². The summed E-state index contributed by atoms with van der Waals surface area (Å²) in [4.78, 5) is 10.6. The van der Waals surface area contributed by atoms with Crippen LogP contribution in [0.5, 0.6) is 0 Å². The summed E-state index contributed by atoms with van der Waals surface area (Å²) in [5.41, 5.74) is 6.43. The van der Waals surface area contributed by atoms with Gasteiger partial charge in [-0.05, 0) is 13.8 Å². The molecule has 0 bridgehead atoms. The van der Waals surface area contributed by atoms with Crippen molar-refractivity contribution in [3.63, 3.8) is 0 Å². The van der Waals surface area contributed by atoms with Gasteiger partial charge in [0.15, 0.2) is 0 Å². The quantitative estimate of drug-likeness (QED) is 0.636. The monoisotopic (exact) mass is 268 g/mol. The maximum absolute atomic E-state index is 5.53. The van der Waals surface area contributed by atoms with Crippen LogP contribution in [-0.2, 0) is 16.0 Å². The zero-order chi connectivity index (χ0) is 13.9. The molecule has 2 N–H and O–H groups in total. The zero-order valence-corrected chi connectivity index (χ0v) is 11.8. The Morgan fingerprint density at radius 1 is 1.05 bits per heavy atom. The van der Waals surface area contributed by atoms with Crippen molar-refractivity contribution in [3.8, 4) is 0 Å². The number of nitrogen functional groups attached to an aromatic ring is 1. The Morgan fingerprint density at radius 2 is 1.68 bits per heavy atom. The first-order valence-electron chi connectivity index (χ1n) is 6.70.